The van der Waals surface area contributed by atoms with Gasteiger partial charge in [0.2, 0.25) is 11.6 Å². The Bertz CT molecular complexity index is 2010. The van der Waals surface area contributed by atoms with Crippen LogP contribution in [0.5, 0.6) is 5.75 Å². The number of fused-ring (bicyclic) bond motifs is 2. The average Bonchev–Trinajstić information content (AvgIpc) is 3.59. The van der Waals surface area contributed by atoms with Crippen molar-refractivity contribution in [2.24, 2.45) is 0 Å². The Hall–Kier alpha value is -5.44. The molecule has 0 bridgehead atoms. The van der Waals surface area contributed by atoms with E-state index in [1.165, 1.54) is 4.90 Å². The lowest BCUT2D eigenvalue weighted by Crippen LogP contribution is -2.74. The van der Waals surface area contributed by atoms with Crippen LogP contribution in [0.4, 0.5) is 16.2 Å². The van der Waals surface area contributed by atoms with Crippen LogP contribution in [0.2, 0.25) is 0 Å². The van der Waals surface area contributed by atoms with E-state index in [-0.39, 0.29) is 25.5 Å². The summed E-state index contributed by atoms with van der Waals surface area (Å²) in [5, 5.41) is 13.1. The molecule has 1 saturated heterocycles. The highest BCUT2D eigenvalue weighted by Gasteiger charge is 2.73. The number of ether oxygens (including phenoxy) is 3. The lowest BCUT2D eigenvalue weighted by atomic mass is 9.71. The van der Waals surface area contributed by atoms with Crippen molar-refractivity contribution in [3.05, 3.63) is 108 Å². The number of anilines is 2. The molecule has 2 unspecified atom stereocenters. The monoisotopic (exact) mass is 690 g/mol. The van der Waals surface area contributed by atoms with E-state index in [0.717, 1.165) is 16.7 Å². The molecule has 2 amide bonds. The van der Waals surface area contributed by atoms with Crippen molar-refractivity contribution in [3.63, 3.8) is 0 Å². The van der Waals surface area contributed by atoms with E-state index in [0.29, 0.717) is 40.7 Å². The first-order valence-corrected chi connectivity index (χ1v) is 16.7. The molecule has 3 aromatic carbocycles. The Morgan fingerprint density at radius 3 is 2.33 bits per heavy atom. The predicted molar refractivity (Wildman–Crippen MR) is 191 cm³/mol. The topological polar surface area (TPSA) is 123 Å². The molecule has 11 nitrogen and oxygen atoms in total. The Morgan fingerprint density at radius 2 is 1.69 bits per heavy atom. The predicted octanol–water partition coefficient (Wildman–Crippen LogP) is 5.86. The van der Waals surface area contributed by atoms with E-state index in [1.807, 2.05) is 44.2 Å². The molecule has 0 radical (unpaired) electrons. The molecule has 2 atom stereocenters. The molecule has 2 aliphatic heterocycles. The molecule has 2 aliphatic rings. The lowest BCUT2D eigenvalue weighted by Gasteiger charge is -2.55. The van der Waals surface area contributed by atoms with Crippen LogP contribution < -0.4 is 14.5 Å². The van der Waals surface area contributed by atoms with Gasteiger partial charge in [0.05, 0.1) is 49.0 Å². The fraction of sp³-hybridized carbons (Fsp3) is 0.350. The molecule has 51 heavy (non-hydrogen) atoms. The maximum atomic E-state index is 14.1. The van der Waals surface area contributed by atoms with Crippen LogP contribution in [0.25, 0.3) is 0 Å². The first kappa shape index (κ1) is 35.4. The SMILES string of the molecule is COc1ccc(N2C(=O)CC23c2ccccc2N(C(=O)OC(C)(C)C)C3(O)C#CC(C)(C)c2ncn(COCc3ccccc3)c2CC=O)cc1. The minimum Gasteiger partial charge on any atom is -0.497 e. The number of carbonyl (C=O) groups excluding carboxylic acids is 3. The van der Waals surface area contributed by atoms with Gasteiger partial charge in [0.15, 0.2) is 0 Å². The van der Waals surface area contributed by atoms with Crippen LogP contribution in [0.3, 0.4) is 0 Å². The van der Waals surface area contributed by atoms with Gasteiger partial charge in [0.1, 0.15) is 29.9 Å². The lowest BCUT2D eigenvalue weighted by molar-refractivity contribution is -0.135. The summed E-state index contributed by atoms with van der Waals surface area (Å²) in [6.45, 7) is 9.40. The van der Waals surface area contributed by atoms with E-state index in [9.17, 15) is 19.5 Å². The fourth-order valence-corrected chi connectivity index (χ4v) is 6.82. The zero-order valence-electron chi connectivity index (χ0n) is 29.7. The number of nitrogens with zero attached hydrogens (tertiary/aromatic N) is 4. The molecule has 1 spiro atoms. The third kappa shape index (κ3) is 6.26. The maximum absolute atomic E-state index is 14.1. The van der Waals surface area contributed by atoms with Gasteiger partial charge in [-0.25, -0.2) is 14.7 Å². The van der Waals surface area contributed by atoms with Gasteiger partial charge < -0.3 is 28.7 Å². The quantitative estimate of drug-likeness (QED) is 0.132. The molecule has 264 valence electrons. The van der Waals surface area contributed by atoms with Gasteiger partial charge in [0.25, 0.3) is 0 Å². The Balaban J connectivity index is 1.45. The molecule has 1 fully saturated rings. The van der Waals surface area contributed by atoms with E-state index < -0.39 is 28.4 Å². The summed E-state index contributed by atoms with van der Waals surface area (Å²) in [5.41, 5.74) is -2.20. The van der Waals surface area contributed by atoms with Crippen molar-refractivity contribution in [1.29, 1.82) is 0 Å². The first-order valence-electron chi connectivity index (χ1n) is 16.7. The molecule has 3 heterocycles. The second-order valence-electron chi connectivity index (χ2n) is 14.2. The highest BCUT2D eigenvalue weighted by Crippen LogP contribution is 2.60. The molecule has 1 aromatic heterocycles. The molecule has 11 heteroatoms. The third-order valence-corrected chi connectivity index (χ3v) is 9.14. The summed E-state index contributed by atoms with van der Waals surface area (Å²) in [6.07, 6.45) is 1.50. The normalized spacial score (nSPS) is 19.6. The highest BCUT2D eigenvalue weighted by molar-refractivity contribution is 6.08. The van der Waals surface area contributed by atoms with Crippen molar-refractivity contribution in [3.8, 4) is 17.6 Å². The number of para-hydroxylation sites is 1. The van der Waals surface area contributed by atoms with Crippen molar-refractivity contribution in [1.82, 2.24) is 9.55 Å². The minimum atomic E-state index is -2.30. The zero-order valence-corrected chi connectivity index (χ0v) is 29.7. The van der Waals surface area contributed by atoms with Crippen LogP contribution >= 0.6 is 0 Å². The van der Waals surface area contributed by atoms with Crippen LogP contribution in [0.1, 0.15) is 63.6 Å². The number of imidazole rings is 1. The van der Waals surface area contributed by atoms with Crippen molar-refractivity contribution in [2.75, 3.05) is 16.9 Å². The van der Waals surface area contributed by atoms with Gasteiger partial charge in [0, 0.05) is 17.7 Å². The van der Waals surface area contributed by atoms with Gasteiger partial charge in [-0.15, -0.1) is 0 Å². The Labute approximate surface area is 297 Å². The molecule has 0 aliphatic carbocycles. The molecule has 4 aromatic rings. The number of hydrogen-bond donors (Lipinski definition) is 1. The number of hydrogen-bond acceptors (Lipinski definition) is 8. The van der Waals surface area contributed by atoms with E-state index in [4.69, 9.17) is 14.2 Å². The van der Waals surface area contributed by atoms with Crippen molar-refractivity contribution < 1.29 is 33.7 Å². The number of benzene rings is 3. The van der Waals surface area contributed by atoms with Crippen LogP contribution in [-0.2, 0) is 49.8 Å². The summed E-state index contributed by atoms with van der Waals surface area (Å²) in [6, 6.07) is 23.7. The summed E-state index contributed by atoms with van der Waals surface area (Å²) in [5.74, 6) is 6.64. The summed E-state index contributed by atoms with van der Waals surface area (Å²) < 4.78 is 18.9. The number of aldehydes is 1. The first-order chi connectivity index (χ1) is 24.3. The highest BCUT2D eigenvalue weighted by atomic mass is 16.6. The minimum absolute atomic E-state index is 0.0541. The van der Waals surface area contributed by atoms with Gasteiger partial charge in [-0.2, -0.15) is 0 Å². The van der Waals surface area contributed by atoms with Crippen molar-refractivity contribution >= 4 is 29.7 Å². The fourth-order valence-electron chi connectivity index (χ4n) is 6.82. The number of aliphatic hydroxyl groups is 1. The number of methoxy groups -OCH3 is 1. The summed E-state index contributed by atoms with van der Waals surface area (Å²) in [4.78, 5) is 46.9. The number of rotatable bonds is 9. The molecule has 1 N–H and O–H groups in total. The largest absolute Gasteiger partial charge is 0.497 e. The molecular weight excluding hydrogens is 648 g/mol. The standard InChI is InChI=1S/C40H42N4O7/c1-37(2,3)51-36(47)44-32-15-11-10-14-31(32)39(24-34(46)43(39)29-16-18-30(49-6)19-17-29)40(44,48)22-21-38(4,5)35-33(20-23-45)42(26-41-35)27-50-25-28-12-8-7-9-13-28/h7-19,23,26,48H,20,24-25,27H2,1-6H3. The summed E-state index contributed by atoms with van der Waals surface area (Å²) in [7, 11) is 1.55. The zero-order chi connectivity index (χ0) is 36.6. The second kappa shape index (κ2) is 13.4. The smallest absolute Gasteiger partial charge is 0.418 e. The van der Waals surface area contributed by atoms with Crippen LogP contribution in [0.15, 0.2) is 85.2 Å². The molecule has 6 rings (SSSR count). The molecule has 0 saturated carbocycles. The van der Waals surface area contributed by atoms with Gasteiger partial charge in [-0.05, 0) is 76.4 Å². The molecular formula is C40H42N4O7. The maximum Gasteiger partial charge on any atom is 0.418 e. The third-order valence-electron chi connectivity index (χ3n) is 9.14. The Kier molecular flexibility index (Phi) is 9.27. The number of aromatic nitrogens is 2. The second-order valence-corrected chi connectivity index (χ2v) is 14.2. The van der Waals surface area contributed by atoms with E-state index in [1.54, 1.807) is 87.3 Å². The van der Waals surface area contributed by atoms with Gasteiger partial charge in [-0.3, -0.25) is 9.69 Å². The van der Waals surface area contributed by atoms with Gasteiger partial charge >= 0.3 is 6.09 Å². The Morgan fingerprint density at radius 1 is 1.00 bits per heavy atom. The van der Waals surface area contributed by atoms with E-state index >= 15 is 0 Å². The average molecular weight is 691 g/mol. The van der Waals surface area contributed by atoms with Crippen LogP contribution in [0, 0.1) is 11.8 Å². The van der Waals surface area contributed by atoms with Crippen LogP contribution in [-0.4, -0.2) is 51.4 Å². The van der Waals surface area contributed by atoms with E-state index in [2.05, 4.69) is 16.8 Å². The van der Waals surface area contributed by atoms with Crippen molar-refractivity contribution in [2.45, 2.75) is 83.1 Å². The van der Waals surface area contributed by atoms with Gasteiger partial charge in [-0.1, -0.05) is 54.5 Å². The number of carbonyl (C=O) groups is 3. The summed E-state index contributed by atoms with van der Waals surface area (Å²) >= 11 is 0. The number of amides is 2. The number of β-lactam (4-membered cyclic amide) rings is 1.